The molecule has 0 saturated heterocycles. The fourth-order valence-corrected chi connectivity index (χ4v) is 2.39. The minimum absolute atomic E-state index is 0.215. The van der Waals surface area contributed by atoms with Gasteiger partial charge in [0.25, 0.3) is 0 Å². The second kappa shape index (κ2) is 6.02. The molecule has 3 aromatic rings. The first kappa shape index (κ1) is 14.9. The number of nitrogens with zero attached hydrogens (tertiary/aromatic N) is 2. The number of phenolic OH excluding ortho intramolecular Hbond substituents is 1. The molecule has 0 aliphatic rings. The molecule has 1 aromatic heterocycles. The Balaban J connectivity index is 2.05. The molecular weight excluding hydrogens is 284 g/mol. The van der Waals surface area contributed by atoms with Gasteiger partial charge in [-0.2, -0.15) is 5.10 Å². The molecule has 0 aliphatic heterocycles. The minimum Gasteiger partial charge on any atom is -0.507 e. The van der Waals surface area contributed by atoms with Crippen LogP contribution in [0.1, 0.15) is 22.3 Å². The van der Waals surface area contributed by atoms with Crippen LogP contribution in [0.25, 0.3) is 11.3 Å². The van der Waals surface area contributed by atoms with Crippen molar-refractivity contribution in [1.29, 1.82) is 0 Å². The van der Waals surface area contributed by atoms with Crippen molar-refractivity contribution in [3.8, 4) is 28.8 Å². The summed E-state index contributed by atoms with van der Waals surface area (Å²) >= 11 is 0. The van der Waals surface area contributed by atoms with Gasteiger partial charge in [0.05, 0.1) is 5.56 Å². The van der Waals surface area contributed by atoms with E-state index in [4.69, 9.17) is 0 Å². The van der Waals surface area contributed by atoms with Gasteiger partial charge in [-0.1, -0.05) is 41.2 Å². The largest absolute Gasteiger partial charge is 0.507 e. The number of phenols is 1. The number of rotatable bonds is 1. The third-order valence-electron chi connectivity index (χ3n) is 3.63. The molecule has 0 bridgehead atoms. The summed E-state index contributed by atoms with van der Waals surface area (Å²) in [5, 5.41) is 14.6. The lowest BCUT2D eigenvalue weighted by atomic mass is 10.0. The number of aromatic nitrogens is 2. The van der Waals surface area contributed by atoms with Crippen LogP contribution in [0.2, 0.25) is 0 Å². The Labute approximate surface area is 136 Å². The molecule has 3 rings (SSSR count). The Hall–Kier alpha value is -2.99. The van der Waals surface area contributed by atoms with Crippen LogP contribution in [0.4, 0.5) is 0 Å². The molecule has 0 unspecified atom stereocenters. The highest BCUT2D eigenvalue weighted by atomic mass is 16.3. The fraction of sp³-hybridized carbons (Fsp3) is 0.150. The average Bonchev–Trinajstić information content (AvgIpc) is 2.90. The van der Waals surface area contributed by atoms with Crippen LogP contribution in [0.5, 0.6) is 5.75 Å². The fourth-order valence-electron chi connectivity index (χ4n) is 2.39. The standard InChI is InChI=1S/C20H18N2O/c1-14-4-7-16(8-5-14)9-10-17-13-22(3)21-20(17)18-12-15(2)6-11-19(18)23/h4-8,11-13,23H,1-3H3. The molecule has 114 valence electrons. The van der Waals surface area contributed by atoms with Crippen molar-refractivity contribution in [2.45, 2.75) is 13.8 Å². The first-order valence-corrected chi connectivity index (χ1v) is 7.45. The van der Waals surface area contributed by atoms with Crippen molar-refractivity contribution in [1.82, 2.24) is 9.78 Å². The molecule has 0 radical (unpaired) electrons. The Morgan fingerprint density at radius 2 is 1.65 bits per heavy atom. The molecule has 0 fully saturated rings. The molecule has 3 nitrogen and oxygen atoms in total. The van der Waals surface area contributed by atoms with Crippen LogP contribution in [-0.4, -0.2) is 14.9 Å². The van der Waals surface area contributed by atoms with Crippen molar-refractivity contribution < 1.29 is 5.11 Å². The van der Waals surface area contributed by atoms with E-state index in [1.807, 2.05) is 56.6 Å². The van der Waals surface area contributed by atoms with Gasteiger partial charge in [0.1, 0.15) is 11.4 Å². The van der Waals surface area contributed by atoms with E-state index in [0.29, 0.717) is 11.3 Å². The van der Waals surface area contributed by atoms with E-state index in [1.54, 1.807) is 10.7 Å². The summed E-state index contributed by atoms with van der Waals surface area (Å²) in [5.41, 5.74) is 5.45. The predicted octanol–water partition coefficient (Wildman–Crippen LogP) is 3.81. The molecule has 2 aromatic carbocycles. The lowest BCUT2D eigenvalue weighted by Crippen LogP contribution is -1.89. The third-order valence-corrected chi connectivity index (χ3v) is 3.63. The Morgan fingerprint density at radius 1 is 0.957 bits per heavy atom. The van der Waals surface area contributed by atoms with Gasteiger partial charge in [-0.15, -0.1) is 0 Å². The minimum atomic E-state index is 0.215. The maximum atomic E-state index is 10.1. The smallest absolute Gasteiger partial charge is 0.125 e. The quantitative estimate of drug-likeness (QED) is 0.694. The zero-order valence-electron chi connectivity index (χ0n) is 13.5. The highest BCUT2D eigenvalue weighted by molar-refractivity contribution is 5.73. The Kier molecular flexibility index (Phi) is 3.91. The zero-order chi connectivity index (χ0) is 16.4. The van der Waals surface area contributed by atoms with Gasteiger partial charge in [0.15, 0.2) is 0 Å². The van der Waals surface area contributed by atoms with Crippen LogP contribution < -0.4 is 0 Å². The maximum Gasteiger partial charge on any atom is 0.125 e. The summed E-state index contributed by atoms with van der Waals surface area (Å²) < 4.78 is 1.72. The maximum absolute atomic E-state index is 10.1. The zero-order valence-corrected chi connectivity index (χ0v) is 13.5. The van der Waals surface area contributed by atoms with Gasteiger partial charge >= 0.3 is 0 Å². The molecule has 1 heterocycles. The van der Waals surface area contributed by atoms with Crippen LogP contribution in [0, 0.1) is 25.7 Å². The summed E-state index contributed by atoms with van der Waals surface area (Å²) in [6.07, 6.45) is 1.87. The summed E-state index contributed by atoms with van der Waals surface area (Å²) in [5.74, 6) is 6.55. The Morgan fingerprint density at radius 3 is 2.39 bits per heavy atom. The highest BCUT2D eigenvalue weighted by Crippen LogP contribution is 2.30. The van der Waals surface area contributed by atoms with E-state index < -0.39 is 0 Å². The first-order chi connectivity index (χ1) is 11.0. The van der Waals surface area contributed by atoms with Crippen molar-refractivity contribution in [3.63, 3.8) is 0 Å². The predicted molar refractivity (Wildman–Crippen MR) is 92.2 cm³/mol. The third kappa shape index (κ3) is 3.27. The molecule has 0 atom stereocenters. The van der Waals surface area contributed by atoms with Gasteiger partial charge in [0.2, 0.25) is 0 Å². The van der Waals surface area contributed by atoms with E-state index in [2.05, 4.69) is 23.9 Å². The van der Waals surface area contributed by atoms with Crippen LogP contribution in [0.3, 0.4) is 0 Å². The second-order valence-corrected chi connectivity index (χ2v) is 5.70. The highest BCUT2D eigenvalue weighted by Gasteiger charge is 2.12. The van der Waals surface area contributed by atoms with Gasteiger partial charge in [-0.05, 0) is 38.1 Å². The van der Waals surface area contributed by atoms with Gasteiger partial charge in [0, 0.05) is 24.4 Å². The topological polar surface area (TPSA) is 38.0 Å². The van der Waals surface area contributed by atoms with Crippen molar-refractivity contribution in [2.75, 3.05) is 0 Å². The molecule has 3 heteroatoms. The monoisotopic (exact) mass is 302 g/mol. The van der Waals surface area contributed by atoms with Crippen LogP contribution in [0.15, 0.2) is 48.7 Å². The van der Waals surface area contributed by atoms with Gasteiger partial charge in [-0.25, -0.2) is 0 Å². The number of hydrogen-bond acceptors (Lipinski definition) is 2. The second-order valence-electron chi connectivity index (χ2n) is 5.70. The lowest BCUT2D eigenvalue weighted by Gasteiger charge is -2.03. The molecule has 0 spiro atoms. The van der Waals surface area contributed by atoms with Crippen molar-refractivity contribution in [3.05, 3.63) is 70.9 Å². The normalized spacial score (nSPS) is 10.2. The van der Waals surface area contributed by atoms with Crippen molar-refractivity contribution >= 4 is 0 Å². The van der Waals surface area contributed by atoms with E-state index >= 15 is 0 Å². The number of aromatic hydroxyl groups is 1. The van der Waals surface area contributed by atoms with Crippen molar-refractivity contribution in [2.24, 2.45) is 7.05 Å². The lowest BCUT2D eigenvalue weighted by molar-refractivity contribution is 0.477. The van der Waals surface area contributed by atoms with Crippen LogP contribution >= 0.6 is 0 Å². The molecule has 0 saturated carbocycles. The van der Waals surface area contributed by atoms with Gasteiger partial charge < -0.3 is 5.11 Å². The molecule has 0 aliphatic carbocycles. The van der Waals surface area contributed by atoms with E-state index in [0.717, 1.165) is 16.7 Å². The molecule has 23 heavy (non-hydrogen) atoms. The first-order valence-electron chi connectivity index (χ1n) is 7.45. The van der Waals surface area contributed by atoms with E-state index in [9.17, 15) is 5.11 Å². The number of aryl methyl sites for hydroxylation is 3. The Bertz CT molecular complexity index is 909. The molecule has 1 N–H and O–H groups in total. The summed E-state index contributed by atoms with van der Waals surface area (Å²) in [6.45, 7) is 4.04. The van der Waals surface area contributed by atoms with Gasteiger partial charge in [-0.3, -0.25) is 4.68 Å². The number of hydrogen-bond donors (Lipinski definition) is 1. The van der Waals surface area contributed by atoms with Crippen LogP contribution in [-0.2, 0) is 7.05 Å². The summed E-state index contributed by atoms with van der Waals surface area (Å²) in [4.78, 5) is 0. The molecule has 0 amide bonds. The van der Waals surface area contributed by atoms with E-state index in [-0.39, 0.29) is 5.75 Å². The molecular formula is C20H18N2O. The average molecular weight is 302 g/mol. The number of benzene rings is 2. The summed E-state index contributed by atoms with van der Waals surface area (Å²) in [7, 11) is 1.85. The summed E-state index contributed by atoms with van der Waals surface area (Å²) in [6, 6.07) is 13.6. The SMILES string of the molecule is Cc1ccc(C#Cc2cn(C)nc2-c2cc(C)ccc2O)cc1. The van der Waals surface area contributed by atoms with E-state index in [1.165, 1.54) is 5.56 Å².